The first-order valence-electron chi connectivity index (χ1n) is 4.10. The van der Waals surface area contributed by atoms with Crippen molar-refractivity contribution in [2.24, 2.45) is 0 Å². The molecule has 0 aliphatic rings. The fourth-order valence-corrected chi connectivity index (χ4v) is 1.16. The lowest BCUT2D eigenvalue weighted by molar-refractivity contribution is 0.111. The molecule has 0 aromatic carbocycles. The molecule has 5 nitrogen and oxygen atoms in total. The summed E-state index contributed by atoms with van der Waals surface area (Å²) in [5.41, 5.74) is 1.22. The van der Waals surface area contributed by atoms with E-state index < -0.39 is 0 Å². The van der Waals surface area contributed by atoms with Gasteiger partial charge in [0.1, 0.15) is 5.69 Å². The molecule has 2 rings (SSSR count). The molecule has 70 valence electrons. The SMILES string of the molecule is Cc1cc(C=O)n(-c2ncccn2)n1. The third-order valence-electron chi connectivity index (χ3n) is 1.72. The highest BCUT2D eigenvalue weighted by Crippen LogP contribution is 2.05. The number of hydrogen-bond donors (Lipinski definition) is 0. The molecule has 0 atom stereocenters. The van der Waals surface area contributed by atoms with Crippen LogP contribution in [0, 0.1) is 6.92 Å². The maximum atomic E-state index is 10.7. The lowest BCUT2D eigenvalue weighted by Crippen LogP contribution is -2.05. The van der Waals surface area contributed by atoms with E-state index in [4.69, 9.17) is 0 Å². The third kappa shape index (κ3) is 1.39. The lowest BCUT2D eigenvalue weighted by atomic mass is 10.4. The summed E-state index contributed by atoms with van der Waals surface area (Å²) in [6, 6.07) is 3.39. The summed E-state index contributed by atoms with van der Waals surface area (Å²) < 4.78 is 1.42. The summed E-state index contributed by atoms with van der Waals surface area (Å²) in [5, 5.41) is 4.11. The molecule has 0 amide bonds. The van der Waals surface area contributed by atoms with E-state index in [2.05, 4.69) is 15.1 Å². The quantitative estimate of drug-likeness (QED) is 0.653. The molecule has 5 heteroatoms. The van der Waals surface area contributed by atoms with Gasteiger partial charge in [-0.15, -0.1) is 0 Å². The summed E-state index contributed by atoms with van der Waals surface area (Å²) in [6.07, 6.45) is 3.94. The largest absolute Gasteiger partial charge is 0.296 e. The molecule has 0 aliphatic carbocycles. The smallest absolute Gasteiger partial charge is 0.251 e. The van der Waals surface area contributed by atoms with Crippen molar-refractivity contribution in [2.45, 2.75) is 6.92 Å². The Kier molecular flexibility index (Phi) is 2.06. The van der Waals surface area contributed by atoms with Gasteiger partial charge in [0.25, 0.3) is 5.95 Å². The Balaban J connectivity index is 2.56. The number of aromatic nitrogens is 4. The molecule has 0 bridgehead atoms. The van der Waals surface area contributed by atoms with E-state index in [0.717, 1.165) is 12.0 Å². The van der Waals surface area contributed by atoms with Gasteiger partial charge in [-0.2, -0.15) is 9.78 Å². The molecule has 2 aromatic rings. The zero-order chi connectivity index (χ0) is 9.97. The topological polar surface area (TPSA) is 60.7 Å². The highest BCUT2D eigenvalue weighted by atomic mass is 16.1. The van der Waals surface area contributed by atoms with Gasteiger partial charge in [0, 0.05) is 12.4 Å². The lowest BCUT2D eigenvalue weighted by Gasteiger charge is -1.98. The second-order valence-electron chi connectivity index (χ2n) is 2.79. The van der Waals surface area contributed by atoms with Gasteiger partial charge in [-0.05, 0) is 19.1 Å². The molecular formula is C9H8N4O. The van der Waals surface area contributed by atoms with Crippen LogP contribution in [0.1, 0.15) is 16.2 Å². The molecule has 0 saturated carbocycles. The predicted molar refractivity (Wildman–Crippen MR) is 49.3 cm³/mol. The van der Waals surface area contributed by atoms with E-state index in [1.54, 1.807) is 24.5 Å². The third-order valence-corrected chi connectivity index (χ3v) is 1.72. The Labute approximate surface area is 80.4 Å². The number of carbonyl (C=O) groups is 1. The number of nitrogens with zero attached hydrogens (tertiary/aromatic N) is 4. The first-order valence-corrected chi connectivity index (χ1v) is 4.10. The van der Waals surface area contributed by atoms with Gasteiger partial charge < -0.3 is 0 Å². The van der Waals surface area contributed by atoms with Crippen molar-refractivity contribution < 1.29 is 4.79 Å². The van der Waals surface area contributed by atoms with Crippen molar-refractivity contribution in [3.63, 3.8) is 0 Å². The van der Waals surface area contributed by atoms with E-state index in [9.17, 15) is 4.79 Å². The van der Waals surface area contributed by atoms with Crippen LogP contribution in [0.2, 0.25) is 0 Å². The van der Waals surface area contributed by atoms with Crippen LogP contribution >= 0.6 is 0 Å². The molecule has 0 spiro atoms. The first-order chi connectivity index (χ1) is 6.81. The normalized spacial score (nSPS) is 10.1. The number of carbonyl (C=O) groups excluding carboxylic acids is 1. The summed E-state index contributed by atoms with van der Waals surface area (Å²) in [7, 11) is 0. The Bertz CT molecular complexity index is 449. The van der Waals surface area contributed by atoms with Crippen molar-refractivity contribution >= 4 is 6.29 Å². The summed E-state index contributed by atoms with van der Waals surface area (Å²) >= 11 is 0. The number of aryl methyl sites for hydroxylation is 1. The molecule has 0 aliphatic heterocycles. The van der Waals surface area contributed by atoms with Crippen LogP contribution in [0.25, 0.3) is 5.95 Å². The van der Waals surface area contributed by atoms with Gasteiger partial charge >= 0.3 is 0 Å². The molecule has 0 radical (unpaired) electrons. The van der Waals surface area contributed by atoms with Gasteiger partial charge in [0.05, 0.1) is 5.69 Å². The van der Waals surface area contributed by atoms with Crippen LogP contribution < -0.4 is 0 Å². The number of rotatable bonds is 2. The number of hydrogen-bond acceptors (Lipinski definition) is 4. The Morgan fingerprint density at radius 2 is 2.07 bits per heavy atom. The van der Waals surface area contributed by atoms with Gasteiger partial charge in [0.15, 0.2) is 6.29 Å². The van der Waals surface area contributed by atoms with Gasteiger partial charge in [-0.25, -0.2) is 9.97 Å². The summed E-state index contributed by atoms with van der Waals surface area (Å²) in [5.74, 6) is 0.405. The minimum Gasteiger partial charge on any atom is -0.296 e. The van der Waals surface area contributed by atoms with E-state index in [0.29, 0.717) is 11.6 Å². The van der Waals surface area contributed by atoms with Crippen LogP contribution in [0.4, 0.5) is 0 Å². The van der Waals surface area contributed by atoms with E-state index in [-0.39, 0.29) is 0 Å². The Hall–Kier alpha value is -2.04. The molecule has 0 saturated heterocycles. The molecule has 0 fully saturated rings. The summed E-state index contributed by atoms with van der Waals surface area (Å²) in [6.45, 7) is 1.81. The number of aldehydes is 1. The van der Waals surface area contributed by atoms with Crippen molar-refractivity contribution in [3.05, 3.63) is 35.9 Å². The monoisotopic (exact) mass is 188 g/mol. The van der Waals surface area contributed by atoms with Crippen LogP contribution in [0.5, 0.6) is 0 Å². The van der Waals surface area contributed by atoms with Crippen LogP contribution in [0.3, 0.4) is 0 Å². The van der Waals surface area contributed by atoms with Crippen molar-refractivity contribution in [1.82, 2.24) is 19.7 Å². The molecule has 0 N–H and O–H groups in total. The first kappa shape index (κ1) is 8.55. The molecule has 0 unspecified atom stereocenters. The molecule has 14 heavy (non-hydrogen) atoms. The molecule has 2 heterocycles. The predicted octanol–water partition coefficient (Wildman–Crippen LogP) is 0.783. The minimum absolute atomic E-state index is 0.405. The maximum absolute atomic E-state index is 10.7. The van der Waals surface area contributed by atoms with Crippen LogP contribution in [-0.2, 0) is 0 Å². The molecule has 2 aromatic heterocycles. The highest BCUT2D eigenvalue weighted by Gasteiger charge is 2.07. The average molecular weight is 188 g/mol. The van der Waals surface area contributed by atoms with Gasteiger partial charge in [-0.1, -0.05) is 0 Å². The van der Waals surface area contributed by atoms with E-state index in [1.807, 2.05) is 6.92 Å². The zero-order valence-electron chi connectivity index (χ0n) is 7.58. The van der Waals surface area contributed by atoms with Crippen molar-refractivity contribution in [1.29, 1.82) is 0 Å². The second kappa shape index (κ2) is 3.37. The standard InChI is InChI=1S/C9H8N4O/c1-7-5-8(6-14)13(12-7)9-10-3-2-4-11-9/h2-6H,1H3. The van der Waals surface area contributed by atoms with E-state index >= 15 is 0 Å². The minimum atomic E-state index is 0.405. The Morgan fingerprint density at radius 1 is 1.36 bits per heavy atom. The van der Waals surface area contributed by atoms with Crippen molar-refractivity contribution in [2.75, 3.05) is 0 Å². The molecular weight excluding hydrogens is 180 g/mol. The second-order valence-corrected chi connectivity index (χ2v) is 2.79. The average Bonchev–Trinajstić information content (AvgIpc) is 2.61. The van der Waals surface area contributed by atoms with Crippen LogP contribution in [-0.4, -0.2) is 26.0 Å². The van der Waals surface area contributed by atoms with Gasteiger partial charge in [0.2, 0.25) is 0 Å². The van der Waals surface area contributed by atoms with Crippen molar-refractivity contribution in [3.8, 4) is 5.95 Å². The maximum Gasteiger partial charge on any atom is 0.251 e. The van der Waals surface area contributed by atoms with Gasteiger partial charge in [-0.3, -0.25) is 4.79 Å². The van der Waals surface area contributed by atoms with Crippen LogP contribution in [0.15, 0.2) is 24.5 Å². The fraction of sp³-hybridized carbons (Fsp3) is 0.111. The summed E-state index contributed by atoms with van der Waals surface area (Å²) in [4.78, 5) is 18.7. The Morgan fingerprint density at radius 3 is 2.71 bits per heavy atom. The fourth-order valence-electron chi connectivity index (χ4n) is 1.16. The van der Waals surface area contributed by atoms with E-state index in [1.165, 1.54) is 4.68 Å². The highest BCUT2D eigenvalue weighted by molar-refractivity contribution is 5.73. The zero-order valence-corrected chi connectivity index (χ0v) is 7.58.